The van der Waals surface area contributed by atoms with Gasteiger partial charge in [-0.15, -0.1) is 0 Å². The summed E-state index contributed by atoms with van der Waals surface area (Å²) in [6.45, 7) is 1.82. The second-order valence-corrected chi connectivity index (χ2v) is 5.69. The van der Waals surface area contributed by atoms with Crippen LogP contribution in [0, 0.1) is 9.49 Å². The van der Waals surface area contributed by atoms with E-state index in [1.165, 1.54) is 13.2 Å². The van der Waals surface area contributed by atoms with E-state index < -0.39 is 17.8 Å². The first kappa shape index (κ1) is 17.0. The van der Waals surface area contributed by atoms with Crippen LogP contribution in [-0.4, -0.2) is 30.6 Å². The number of benzene rings is 1. The summed E-state index contributed by atoms with van der Waals surface area (Å²) in [4.78, 5) is 23.0. The maximum Gasteiger partial charge on any atom is 0.308 e. The van der Waals surface area contributed by atoms with Gasteiger partial charge in [0.15, 0.2) is 0 Å². The summed E-state index contributed by atoms with van der Waals surface area (Å²) in [5.74, 6) is -1.54. The lowest BCUT2D eigenvalue weighted by molar-refractivity contribution is -0.141. The Morgan fingerprint density at radius 3 is 2.65 bits per heavy atom. The van der Waals surface area contributed by atoms with Crippen LogP contribution in [0.15, 0.2) is 12.1 Å². The molecule has 20 heavy (non-hydrogen) atoms. The number of ether oxygens (including phenoxy) is 1. The van der Waals surface area contributed by atoms with Gasteiger partial charge in [0, 0.05) is 10.1 Å². The largest absolute Gasteiger partial charge is 0.496 e. The molecule has 0 radical (unpaired) electrons. The Balaban J connectivity index is 2.87. The van der Waals surface area contributed by atoms with E-state index in [0.717, 1.165) is 3.57 Å². The van der Waals surface area contributed by atoms with Crippen LogP contribution in [0.5, 0.6) is 5.75 Å². The number of carbonyl (C=O) groups is 2. The first-order valence-electron chi connectivity index (χ1n) is 5.94. The van der Waals surface area contributed by atoms with Crippen molar-refractivity contribution in [1.82, 2.24) is 5.32 Å². The van der Waals surface area contributed by atoms with Crippen molar-refractivity contribution in [3.8, 4) is 5.75 Å². The van der Waals surface area contributed by atoms with Gasteiger partial charge in [0.2, 0.25) is 0 Å². The van der Waals surface area contributed by atoms with Gasteiger partial charge in [-0.2, -0.15) is 0 Å². The summed E-state index contributed by atoms with van der Waals surface area (Å²) >= 11 is 8.03. The average molecular weight is 412 g/mol. The van der Waals surface area contributed by atoms with Crippen LogP contribution in [0.2, 0.25) is 5.02 Å². The number of carboxylic acid groups (broad SMARTS) is 1. The molecule has 1 unspecified atom stereocenters. The summed E-state index contributed by atoms with van der Waals surface area (Å²) in [7, 11) is 1.46. The van der Waals surface area contributed by atoms with Crippen molar-refractivity contribution < 1.29 is 19.4 Å². The number of amides is 1. The lowest BCUT2D eigenvalue weighted by Gasteiger charge is -2.13. The Hall–Kier alpha value is -1.02. The fourth-order valence-electron chi connectivity index (χ4n) is 1.59. The highest BCUT2D eigenvalue weighted by molar-refractivity contribution is 14.1. The molecule has 0 aromatic heterocycles. The van der Waals surface area contributed by atoms with Gasteiger partial charge in [0.05, 0.1) is 23.6 Å². The molecule has 0 aliphatic heterocycles. The van der Waals surface area contributed by atoms with Crippen molar-refractivity contribution in [2.24, 2.45) is 5.92 Å². The quantitative estimate of drug-likeness (QED) is 0.706. The predicted molar refractivity (Wildman–Crippen MR) is 84.5 cm³/mol. The van der Waals surface area contributed by atoms with Gasteiger partial charge in [-0.25, -0.2) is 0 Å². The van der Waals surface area contributed by atoms with E-state index in [1.807, 2.05) is 22.6 Å². The van der Waals surface area contributed by atoms with E-state index >= 15 is 0 Å². The van der Waals surface area contributed by atoms with E-state index in [4.69, 9.17) is 21.4 Å². The summed E-state index contributed by atoms with van der Waals surface area (Å²) in [5.41, 5.74) is 0.290. The molecule has 0 aliphatic carbocycles. The predicted octanol–water partition coefficient (Wildman–Crippen LogP) is 2.79. The zero-order valence-corrected chi connectivity index (χ0v) is 14.0. The van der Waals surface area contributed by atoms with E-state index in [9.17, 15) is 9.59 Å². The Bertz CT molecular complexity index is 521. The average Bonchev–Trinajstić information content (AvgIpc) is 2.41. The van der Waals surface area contributed by atoms with Gasteiger partial charge < -0.3 is 15.2 Å². The van der Waals surface area contributed by atoms with E-state index in [2.05, 4.69) is 5.32 Å². The minimum absolute atomic E-state index is 0.0669. The fraction of sp³-hybridized carbons (Fsp3) is 0.385. The van der Waals surface area contributed by atoms with Crippen molar-refractivity contribution in [3.05, 3.63) is 26.3 Å². The maximum atomic E-state index is 12.1. The lowest BCUT2D eigenvalue weighted by atomic mass is 10.1. The number of hydrogen-bond acceptors (Lipinski definition) is 3. The smallest absolute Gasteiger partial charge is 0.308 e. The standard InChI is InChI=1S/C13H15ClINO4/c1-3-7(13(18)19)6-16-12(17)8-4-9(14)10(15)5-11(8)20-2/h4-5,7H,3,6H2,1-2H3,(H,16,17)(H,18,19). The number of hydrogen-bond donors (Lipinski definition) is 2. The van der Waals surface area contributed by atoms with Crippen molar-refractivity contribution in [3.63, 3.8) is 0 Å². The minimum Gasteiger partial charge on any atom is -0.496 e. The molecule has 110 valence electrons. The molecular formula is C13H15ClINO4. The van der Waals surface area contributed by atoms with Crippen LogP contribution in [0.25, 0.3) is 0 Å². The zero-order chi connectivity index (χ0) is 15.3. The molecule has 0 aliphatic rings. The van der Waals surface area contributed by atoms with Crippen molar-refractivity contribution in [2.45, 2.75) is 13.3 Å². The molecule has 2 N–H and O–H groups in total. The highest BCUT2D eigenvalue weighted by Gasteiger charge is 2.19. The number of carboxylic acids is 1. The van der Waals surface area contributed by atoms with Gasteiger partial charge >= 0.3 is 5.97 Å². The SMILES string of the molecule is CCC(CNC(=O)c1cc(Cl)c(I)cc1OC)C(=O)O. The molecule has 1 aromatic rings. The number of carbonyl (C=O) groups excluding carboxylic acids is 1. The first-order valence-corrected chi connectivity index (χ1v) is 7.40. The fourth-order valence-corrected chi connectivity index (χ4v) is 2.19. The molecule has 0 fully saturated rings. The highest BCUT2D eigenvalue weighted by Crippen LogP contribution is 2.28. The topological polar surface area (TPSA) is 75.6 Å². The highest BCUT2D eigenvalue weighted by atomic mass is 127. The molecule has 1 rings (SSSR count). The van der Waals surface area contributed by atoms with E-state index in [1.54, 1.807) is 13.0 Å². The molecule has 1 amide bonds. The molecule has 0 saturated heterocycles. The second kappa shape index (κ2) is 7.68. The van der Waals surface area contributed by atoms with Crippen LogP contribution < -0.4 is 10.1 Å². The number of methoxy groups -OCH3 is 1. The number of aliphatic carboxylic acids is 1. The van der Waals surface area contributed by atoms with Crippen molar-refractivity contribution in [1.29, 1.82) is 0 Å². The van der Waals surface area contributed by atoms with Gasteiger partial charge in [-0.05, 0) is 41.1 Å². The van der Waals surface area contributed by atoms with Crippen molar-refractivity contribution in [2.75, 3.05) is 13.7 Å². The summed E-state index contributed by atoms with van der Waals surface area (Å²) in [6, 6.07) is 3.17. The van der Waals surface area contributed by atoms with Crippen molar-refractivity contribution >= 4 is 46.1 Å². The third-order valence-corrected chi connectivity index (χ3v) is 4.36. The normalized spacial score (nSPS) is 11.8. The lowest BCUT2D eigenvalue weighted by Crippen LogP contribution is -2.32. The van der Waals surface area contributed by atoms with Gasteiger partial charge in [0.25, 0.3) is 5.91 Å². The van der Waals surface area contributed by atoms with E-state index in [0.29, 0.717) is 17.2 Å². The third-order valence-electron chi connectivity index (χ3n) is 2.84. The van der Waals surface area contributed by atoms with Crippen LogP contribution in [0.4, 0.5) is 0 Å². The van der Waals surface area contributed by atoms with Crippen LogP contribution in [-0.2, 0) is 4.79 Å². The van der Waals surface area contributed by atoms with Gasteiger partial charge in [0.1, 0.15) is 5.75 Å². The molecule has 5 nitrogen and oxygen atoms in total. The van der Waals surface area contributed by atoms with Gasteiger partial charge in [-0.3, -0.25) is 9.59 Å². The first-order chi connectivity index (χ1) is 9.40. The minimum atomic E-state index is -0.930. The Morgan fingerprint density at radius 2 is 2.15 bits per heavy atom. The van der Waals surface area contributed by atoms with E-state index in [-0.39, 0.29) is 12.1 Å². The van der Waals surface area contributed by atoms with Crippen LogP contribution in [0.3, 0.4) is 0 Å². The molecular weight excluding hydrogens is 397 g/mol. The monoisotopic (exact) mass is 411 g/mol. The third kappa shape index (κ3) is 4.24. The van der Waals surface area contributed by atoms with Crippen LogP contribution in [0.1, 0.15) is 23.7 Å². The Kier molecular flexibility index (Phi) is 6.54. The molecule has 1 atom stereocenters. The molecule has 0 bridgehead atoms. The van der Waals surface area contributed by atoms with Crippen LogP contribution >= 0.6 is 34.2 Å². The molecule has 0 saturated carbocycles. The number of rotatable bonds is 6. The maximum absolute atomic E-state index is 12.1. The number of nitrogens with one attached hydrogen (secondary N) is 1. The molecule has 7 heteroatoms. The van der Waals surface area contributed by atoms with Gasteiger partial charge in [-0.1, -0.05) is 18.5 Å². The Labute approximate surface area is 135 Å². The summed E-state index contributed by atoms with van der Waals surface area (Å²) in [5, 5.41) is 12.0. The molecule has 0 spiro atoms. The molecule has 1 aromatic carbocycles. The Morgan fingerprint density at radius 1 is 1.50 bits per heavy atom. The number of halogens is 2. The molecule has 0 heterocycles. The second-order valence-electron chi connectivity index (χ2n) is 4.12. The zero-order valence-electron chi connectivity index (χ0n) is 11.1. The summed E-state index contributed by atoms with van der Waals surface area (Å²) < 4.78 is 5.92. The summed E-state index contributed by atoms with van der Waals surface area (Å²) in [6.07, 6.45) is 0.445.